The zero-order valence-electron chi connectivity index (χ0n) is 38.2. The molecule has 7 rings (SSSR count). The third-order valence-electron chi connectivity index (χ3n) is 14.5. The number of esters is 1. The summed E-state index contributed by atoms with van der Waals surface area (Å²) in [4.78, 5) is 14.3. The fourth-order valence-corrected chi connectivity index (χ4v) is 10.6. The summed E-state index contributed by atoms with van der Waals surface area (Å²) in [6, 6.07) is 0. The van der Waals surface area contributed by atoms with Gasteiger partial charge in [-0.15, -0.1) is 0 Å². The van der Waals surface area contributed by atoms with Crippen LogP contribution in [0.5, 0.6) is 0 Å². The molecule has 0 radical (unpaired) electrons. The Morgan fingerprint density at radius 3 is 2.32 bits per heavy atom. The molecule has 7 aliphatic rings. The highest BCUT2D eigenvalue weighted by atomic mass is 16.7. The molecule has 4 fully saturated rings. The predicted octanol–water partition coefficient (Wildman–Crippen LogP) is 5.38. The van der Waals surface area contributed by atoms with Crippen LogP contribution >= 0.6 is 0 Å². The van der Waals surface area contributed by atoms with Crippen LogP contribution in [0.2, 0.25) is 0 Å². The number of ether oxygens (including phenoxy) is 10. The van der Waals surface area contributed by atoms with Gasteiger partial charge in [0.1, 0.15) is 42.0 Å². The Kier molecular flexibility index (Phi) is 15.1. The van der Waals surface area contributed by atoms with E-state index in [1.165, 1.54) is 0 Å². The Hall–Kier alpha value is -2.31. The summed E-state index contributed by atoms with van der Waals surface area (Å²) < 4.78 is 63.7. The zero-order chi connectivity index (χ0) is 44.7. The van der Waals surface area contributed by atoms with E-state index in [0.29, 0.717) is 43.3 Å². The second-order valence-electron chi connectivity index (χ2n) is 19.0. The van der Waals surface area contributed by atoms with Crippen LogP contribution in [0.15, 0.2) is 59.3 Å². The van der Waals surface area contributed by atoms with Gasteiger partial charge in [0.15, 0.2) is 18.4 Å². The fourth-order valence-electron chi connectivity index (χ4n) is 10.6. The van der Waals surface area contributed by atoms with Crippen molar-refractivity contribution in [2.24, 2.45) is 23.7 Å². The molecule has 0 amide bonds. The third-order valence-corrected chi connectivity index (χ3v) is 14.5. The number of carbonyl (C=O) groups is 1. The molecule has 2 bridgehead atoms. The van der Waals surface area contributed by atoms with Crippen LogP contribution in [0.25, 0.3) is 0 Å². The Morgan fingerprint density at radius 1 is 0.887 bits per heavy atom. The molecule has 1 spiro atoms. The number of aliphatic hydroxyl groups excluding tert-OH is 2. The van der Waals surface area contributed by atoms with Gasteiger partial charge in [-0.3, -0.25) is 4.79 Å². The summed E-state index contributed by atoms with van der Waals surface area (Å²) in [7, 11) is 3.22. The first-order valence-electron chi connectivity index (χ1n) is 22.9. The van der Waals surface area contributed by atoms with Gasteiger partial charge < -0.3 is 62.7 Å². The third kappa shape index (κ3) is 9.64. The number of methoxy groups -OCH3 is 2. The minimum absolute atomic E-state index is 0.0317. The van der Waals surface area contributed by atoms with E-state index >= 15 is 0 Å². The minimum Gasteiger partial charge on any atom is -0.462 e. The highest BCUT2D eigenvalue weighted by molar-refractivity contribution is 5.78. The normalized spacial score (nSPS) is 49.1. The molecule has 1 aliphatic carbocycles. The van der Waals surface area contributed by atoms with Crippen LogP contribution in [0.4, 0.5) is 0 Å². The van der Waals surface area contributed by atoms with Crippen molar-refractivity contribution in [1.29, 1.82) is 0 Å². The fraction of sp³-hybridized carbons (Fsp3) is 0.771. The van der Waals surface area contributed by atoms with Gasteiger partial charge in [0, 0.05) is 51.7 Å². The van der Waals surface area contributed by atoms with Crippen molar-refractivity contribution in [2.75, 3.05) is 20.8 Å². The minimum atomic E-state index is -1.84. The standard InChI is InChI=1S/C48H72O14/c1-11-25(2)43-28(5)17-18-47(62-43)23-34-20-33(61-47)16-15-27(4)42(26(3)13-12-14-32-24-55-45-40(49)29(6)19-35(46(51)58-34)48(32,45)52)59-39-22-37(54-10)44(31(8)57-39)60-38-21-36(53-9)41(50)30(7)56-38/h12-15,17-19,25-26,28,30-31,33-45,49-50,52H,11,16,20-24H2,1-10H3/b13-12+,27-15+,32-14+/t25?,26-,28?,30?,31?,33?,34?,35+,36?,37?,38-,39?,40?,41-,42+,43?,44?,45?,47+,48-/m0/s1. The molecular weight excluding hydrogens is 801 g/mol. The summed E-state index contributed by atoms with van der Waals surface area (Å²) >= 11 is 0. The van der Waals surface area contributed by atoms with Crippen molar-refractivity contribution in [1.82, 2.24) is 0 Å². The molecule has 6 heterocycles. The van der Waals surface area contributed by atoms with Crippen LogP contribution in [-0.2, 0) is 52.2 Å². The lowest BCUT2D eigenvalue weighted by Gasteiger charge is -2.48. The van der Waals surface area contributed by atoms with Crippen LogP contribution in [0.1, 0.15) is 93.9 Å². The molecule has 13 unspecified atom stereocenters. The first kappa shape index (κ1) is 47.6. The Balaban J connectivity index is 1.18. The van der Waals surface area contributed by atoms with E-state index in [1.807, 2.05) is 32.1 Å². The number of hydrogen-bond donors (Lipinski definition) is 3. The highest BCUT2D eigenvalue weighted by Crippen LogP contribution is 2.47. The summed E-state index contributed by atoms with van der Waals surface area (Å²) in [5.41, 5.74) is 0.134. The van der Waals surface area contributed by atoms with E-state index in [4.69, 9.17) is 47.4 Å². The van der Waals surface area contributed by atoms with Gasteiger partial charge >= 0.3 is 5.97 Å². The van der Waals surface area contributed by atoms with Gasteiger partial charge in [-0.2, -0.15) is 0 Å². The molecule has 0 saturated carbocycles. The maximum atomic E-state index is 14.3. The summed E-state index contributed by atoms with van der Waals surface area (Å²) in [5.74, 6) is -2.56. The Labute approximate surface area is 367 Å². The first-order valence-corrected chi connectivity index (χ1v) is 22.9. The summed E-state index contributed by atoms with van der Waals surface area (Å²) in [6.07, 6.45) is 8.55. The average molecular weight is 873 g/mol. The number of aliphatic hydroxyl groups is 3. The lowest BCUT2D eigenvalue weighted by Crippen LogP contribution is -2.58. The molecule has 3 N–H and O–H groups in total. The van der Waals surface area contributed by atoms with E-state index in [1.54, 1.807) is 40.2 Å². The van der Waals surface area contributed by atoms with Gasteiger partial charge in [0.25, 0.3) is 0 Å². The summed E-state index contributed by atoms with van der Waals surface area (Å²) in [6.45, 7) is 16.1. The van der Waals surface area contributed by atoms with Crippen LogP contribution in [-0.4, -0.2) is 139 Å². The van der Waals surface area contributed by atoms with Gasteiger partial charge in [0.2, 0.25) is 0 Å². The van der Waals surface area contributed by atoms with Crippen molar-refractivity contribution in [3.05, 3.63) is 59.3 Å². The van der Waals surface area contributed by atoms with Crippen molar-refractivity contribution >= 4 is 5.97 Å². The number of hydrogen-bond acceptors (Lipinski definition) is 14. The van der Waals surface area contributed by atoms with E-state index < -0.39 is 90.8 Å². The number of fused-ring (bicyclic) bond motifs is 2. The van der Waals surface area contributed by atoms with Gasteiger partial charge in [-0.1, -0.05) is 70.6 Å². The van der Waals surface area contributed by atoms with Gasteiger partial charge in [-0.05, 0) is 62.8 Å². The zero-order valence-corrected chi connectivity index (χ0v) is 38.2. The number of allylic oxidation sites excluding steroid dienone is 2. The molecule has 14 heteroatoms. The van der Waals surface area contributed by atoms with E-state index in [9.17, 15) is 20.1 Å². The number of carbonyl (C=O) groups excluding carboxylic acids is 1. The number of rotatable bonds is 8. The second kappa shape index (κ2) is 19.7. The van der Waals surface area contributed by atoms with Crippen molar-refractivity contribution in [3.63, 3.8) is 0 Å². The van der Waals surface area contributed by atoms with Crippen molar-refractivity contribution in [3.8, 4) is 0 Å². The van der Waals surface area contributed by atoms with Crippen molar-refractivity contribution in [2.45, 2.75) is 191 Å². The van der Waals surface area contributed by atoms with Crippen LogP contribution < -0.4 is 0 Å². The highest BCUT2D eigenvalue weighted by Gasteiger charge is 2.60. The molecular formula is C48H72O14. The Morgan fingerprint density at radius 2 is 1.60 bits per heavy atom. The molecule has 348 valence electrons. The maximum Gasteiger partial charge on any atom is 0.316 e. The lowest BCUT2D eigenvalue weighted by atomic mass is 9.71. The predicted molar refractivity (Wildman–Crippen MR) is 227 cm³/mol. The average Bonchev–Trinajstić information content (AvgIpc) is 3.58. The van der Waals surface area contributed by atoms with Gasteiger partial charge in [0.05, 0.1) is 49.3 Å². The van der Waals surface area contributed by atoms with Gasteiger partial charge in [-0.25, -0.2) is 0 Å². The van der Waals surface area contributed by atoms with Crippen LogP contribution in [0.3, 0.4) is 0 Å². The molecule has 62 heavy (non-hydrogen) atoms. The van der Waals surface area contributed by atoms with Crippen molar-refractivity contribution < 1.29 is 67.5 Å². The molecule has 4 saturated heterocycles. The van der Waals surface area contributed by atoms with Crippen LogP contribution in [0, 0.1) is 23.7 Å². The molecule has 0 aromatic rings. The quantitative estimate of drug-likeness (QED) is 0.210. The topological polar surface area (TPSA) is 170 Å². The van der Waals surface area contributed by atoms with E-state index in [-0.39, 0.29) is 42.7 Å². The first-order chi connectivity index (χ1) is 29.5. The smallest absolute Gasteiger partial charge is 0.316 e. The molecule has 6 aliphatic heterocycles. The second-order valence-corrected chi connectivity index (χ2v) is 19.0. The lowest BCUT2D eigenvalue weighted by molar-refractivity contribution is -0.318. The monoisotopic (exact) mass is 872 g/mol. The van der Waals surface area contributed by atoms with E-state index in [0.717, 1.165) is 12.0 Å². The SMILES string of the molecule is CCC(C)C1O[C@]2(C=CC1C)CC1CC(C/C=C(\C)[C@H](OC3CC(OC)C(O[C@H]4CC(OC)[C@@H](O)C(C)O4)C(C)O3)[C@@H](C)/C=C/C=C3\COC4C(O)C(C)=C[C@H](C(=O)O1)[C@@]34O)O2. The molecule has 0 aromatic carbocycles. The maximum absolute atomic E-state index is 14.3. The van der Waals surface area contributed by atoms with E-state index in [2.05, 4.69) is 39.8 Å². The Bertz CT molecular complexity index is 1730. The summed E-state index contributed by atoms with van der Waals surface area (Å²) in [5, 5.41) is 34.2. The molecule has 14 nitrogen and oxygen atoms in total. The molecule has 20 atom stereocenters. The largest absolute Gasteiger partial charge is 0.462 e. The molecule has 0 aromatic heterocycles.